The molecule has 0 atom stereocenters. The summed E-state index contributed by atoms with van der Waals surface area (Å²) in [5.41, 5.74) is 2.01. The Morgan fingerprint density at radius 3 is 2.93 bits per heavy atom. The summed E-state index contributed by atoms with van der Waals surface area (Å²) in [5.74, 6) is 0. The van der Waals surface area contributed by atoms with Crippen LogP contribution in [0.4, 0.5) is 0 Å². The van der Waals surface area contributed by atoms with Gasteiger partial charge in [0, 0.05) is 17.5 Å². The standard InChI is InChI=1S/C11H13NO2/c1-12(8-13)6-9-7-14-11-5-3-2-4-10(9)11/h2-5,7,13H,6,8H2,1H3. The van der Waals surface area contributed by atoms with Crippen molar-refractivity contribution in [1.82, 2.24) is 4.90 Å². The number of nitrogens with zero attached hydrogens (tertiary/aromatic N) is 1. The molecule has 3 nitrogen and oxygen atoms in total. The summed E-state index contributed by atoms with van der Waals surface area (Å²) in [7, 11) is 1.86. The Hall–Kier alpha value is -1.32. The third-order valence-corrected chi connectivity index (χ3v) is 2.24. The van der Waals surface area contributed by atoms with E-state index in [0.29, 0.717) is 6.54 Å². The van der Waals surface area contributed by atoms with Crippen molar-refractivity contribution in [3.8, 4) is 0 Å². The minimum atomic E-state index is 0.0551. The number of fused-ring (bicyclic) bond motifs is 1. The van der Waals surface area contributed by atoms with Gasteiger partial charge in [0.05, 0.1) is 13.0 Å². The Labute approximate surface area is 82.6 Å². The van der Waals surface area contributed by atoms with E-state index in [0.717, 1.165) is 16.5 Å². The van der Waals surface area contributed by atoms with E-state index >= 15 is 0 Å². The predicted molar refractivity (Wildman–Crippen MR) is 54.8 cm³/mol. The van der Waals surface area contributed by atoms with Crippen LogP contribution < -0.4 is 0 Å². The largest absolute Gasteiger partial charge is 0.464 e. The van der Waals surface area contributed by atoms with Gasteiger partial charge < -0.3 is 9.52 Å². The van der Waals surface area contributed by atoms with Crippen LogP contribution in [0.1, 0.15) is 5.56 Å². The van der Waals surface area contributed by atoms with Gasteiger partial charge in [0.2, 0.25) is 0 Å². The molecule has 0 aliphatic carbocycles. The average Bonchev–Trinajstić information content (AvgIpc) is 2.62. The van der Waals surface area contributed by atoms with Crippen LogP contribution in [0, 0.1) is 0 Å². The van der Waals surface area contributed by atoms with Gasteiger partial charge in [-0.1, -0.05) is 18.2 Å². The topological polar surface area (TPSA) is 36.6 Å². The fourth-order valence-corrected chi connectivity index (χ4v) is 1.50. The molecular formula is C11H13NO2. The average molecular weight is 191 g/mol. The molecule has 2 aromatic rings. The van der Waals surface area contributed by atoms with Gasteiger partial charge in [0.15, 0.2) is 0 Å². The van der Waals surface area contributed by atoms with E-state index in [1.165, 1.54) is 0 Å². The fourth-order valence-electron chi connectivity index (χ4n) is 1.50. The Balaban J connectivity index is 2.33. The van der Waals surface area contributed by atoms with Crippen LogP contribution in [0.3, 0.4) is 0 Å². The van der Waals surface area contributed by atoms with Crippen molar-refractivity contribution in [2.24, 2.45) is 0 Å². The monoisotopic (exact) mass is 191 g/mol. The molecule has 74 valence electrons. The second-order valence-electron chi connectivity index (χ2n) is 3.41. The Bertz CT molecular complexity index is 422. The molecule has 3 heteroatoms. The zero-order valence-electron chi connectivity index (χ0n) is 8.10. The summed E-state index contributed by atoms with van der Waals surface area (Å²) in [6.07, 6.45) is 1.75. The number of aliphatic hydroxyl groups excluding tert-OH is 1. The number of benzene rings is 1. The first-order valence-electron chi connectivity index (χ1n) is 4.56. The highest BCUT2D eigenvalue weighted by Gasteiger charge is 2.06. The number of hydrogen-bond donors (Lipinski definition) is 1. The van der Waals surface area contributed by atoms with Crippen molar-refractivity contribution in [2.45, 2.75) is 6.54 Å². The number of furan rings is 1. The molecular weight excluding hydrogens is 178 g/mol. The Kier molecular flexibility index (Phi) is 2.52. The van der Waals surface area contributed by atoms with Crippen LogP contribution in [0.5, 0.6) is 0 Å². The van der Waals surface area contributed by atoms with Gasteiger partial charge in [0.25, 0.3) is 0 Å². The fraction of sp³-hybridized carbons (Fsp3) is 0.273. The third-order valence-electron chi connectivity index (χ3n) is 2.24. The van der Waals surface area contributed by atoms with Crippen molar-refractivity contribution in [3.63, 3.8) is 0 Å². The molecule has 0 aliphatic heterocycles. The molecule has 0 saturated carbocycles. The Morgan fingerprint density at radius 2 is 2.14 bits per heavy atom. The molecule has 1 aromatic heterocycles. The number of para-hydroxylation sites is 1. The van der Waals surface area contributed by atoms with E-state index in [9.17, 15) is 0 Å². The molecule has 0 amide bonds. The van der Waals surface area contributed by atoms with Crippen LogP contribution >= 0.6 is 0 Å². The quantitative estimate of drug-likeness (QED) is 0.752. The van der Waals surface area contributed by atoms with Gasteiger partial charge in [-0.15, -0.1) is 0 Å². The molecule has 14 heavy (non-hydrogen) atoms. The van der Waals surface area contributed by atoms with Gasteiger partial charge in [-0.3, -0.25) is 4.90 Å². The predicted octanol–water partition coefficient (Wildman–Crippen LogP) is 1.81. The summed E-state index contributed by atoms with van der Waals surface area (Å²) >= 11 is 0. The summed E-state index contributed by atoms with van der Waals surface area (Å²) < 4.78 is 5.39. The van der Waals surface area contributed by atoms with Crippen molar-refractivity contribution in [3.05, 3.63) is 36.1 Å². The van der Waals surface area contributed by atoms with Gasteiger partial charge in [0.1, 0.15) is 5.58 Å². The highest BCUT2D eigenvalue weighted by atomic mass is 16.3. The van der Waals surface area contributed by atoms with Crippen LogP contribution in [-0.4, -0.2) is 23.8 Å². The molecule has 0 radical (unpaired) electrons. The number of hydrogen-bond acceptors (Lipinski definition) is 3. The first-order chi connectivity index (χ1) is 6.81. The highest BCUT2D eigenvalue weighted by Crippen LogP contribution is 2.21. The van der Waals surface area contributed by atoms with Crippen molar-refractivity contribution < 1.29 is 9.52 Å². The van der Waals surface area contributed by atoms with E-state index in [1.54, 1.807) is 6.26 Å². The molecule has 1 N–H and O–H groups in total. The first-order valence-corrected chi connectivity index (χ1v) is 4.56. The lowest BCUT2D eigenvalue weighted by molar-refractivity contribution is 0.127. The second kappa shape index (κ2) is 3.82. The maximum absolute atomic E-state index is 8.90. The van der Waals surface area contributed by atoms with Gasteiger partial charge in [-0.05, 0) is 13.1 Å². The molecule has 2 rings (SSSR count). The zero-order valence-corrected chi connectivity index (χ0v) is 8.10. The van der Waals surface area contributed by atoms with Crippen LogP contribution in [0.2, 0.25) is 0 Å². The normalized spacial score (nSPS) is 11.4. The van der Waals surface area contributed by atoms with Gasteiger partial charge in [-0.2, -0.15) is 0 Å². The molecule has 0 saturated heterocycles. The number of aliphatic hydroxyl groups is 1. The maximum Gasteiger partial charge on any atom is 0.134 e. The summed E-state index contributed by atoms with van der Waals surface area (Å²) in [4.78, 5) is 1.82. The maximum atomic E-state index is 8.90. The van der Waals surface area contributed by atoms with E-state index in [4.69, 9.17) is 9.52 Å². The van der Waals surface area contributed by atoms with Crippen molar-refractivity contribution in [1.29, 1.82) is 0 Å². The third kappa shape index (κ3) is 1.64. The zero-order chi connectivity index (χ0) is 9.97. The molecule has 0 spiro atoms. The summed E-state index contributed by atoms with van der Waals surface area (Å²) in [5, 5.41) is 10.0. The minimum Gasteiger partial charge on any atom is -0.464 e. The van der Waals surface area contributed by atoms with Crippen LogP contribution in [-0.2, 0) is 6.54 Å². The lowest BCUT2D eigenvalue weighted by atomic mass is 10.2. The molecule has 0 fully saturated rings. The van der Waals surface area contributed by atoms with Gasteiger partial charge >= 0.3 is 0 Å². The van der Waals surface area contributed by atoms with Gasteiger partial charge in [-0.25, -0.2) is 0 Å². The van der Waals surface area contributed by atoms with Crippen LogP contribution in [0.15, 0.2) is 34.9 Å². The van der Waals surface area contributed by atoms with E-state index in [2.05, 4.69) is 0 Å². The lowest BCUT2D eigenvalue weighted by Gasteiger charge is -2.10. The SMILES string of the molecule is CN(CO)Cc1coc2ccccc12. The molecule has 1 heterocycles. The van der Waals surface area contributed by atoms with E-state index < -0.39 is 0 Å². The second-order valence-corrected chi connectivity index (χ2v) is 3.41. The van der Waals surface area contributed by atoms with Crippen molar-refractivity contribution in [2.75, 3.05) is 13.8 Å². The molecule has 0 unspecified atom stereocenters. The summed E-state index contributed by atoms with van der Waals surface area (Å²) in [6, 6.07) is 7.91. The van der Waals surface area contributed by atoms with Crippen LogP contribution in [0.25, 0.3) is 11.0 Å². The summed E-state index contributed by atoms with van der Waals surface area (Å²) in [6.45, 7) is 0.757. The molecule has 1 aromatic carbocycles. The van der Waals surface area contributed by atoms with E-state index in [1.807, 2.05) is 36.2 Å². The minimum absolute atomic E-state index is 0.0551. The smallest absolute Gasteiger partial charge is 0.134 e. The van der Waals surface area contributed by atoms with Crippen molar-refractivity contribution >= 4 is 11.0 Å². The first kappa shape index (κ1) is 9.24. The highest BCUT2D eigenvalue weighted by molar-refractivity contribution is 5.80. The molecule has 0 bridgehead atoms. The number of rotatable bonds is 3. The Morgan fingerprint density at radius 1 is 1.36 bits per heavy atom. The lowest BCUT2D eigenvalue weighted by Crippen LogP contribution is -2.18. The van der Waals surface area contributed by atoms with E-state index in [-0.39, 0.29) is 6.73 Å². The molecule has 0 aliphatic rings.